The van der Waals surface area contributed by atoms with E-state index >= 15 is 4.39 Å². The lowest BCUT2D eigenvalue weighted by Gasteiger charge is -2.33. The highest BCUT2D eigenvalue weighted by molar-refractivity contribution is 7.23. The average molecular weight is 662 g/mol. The molecule has 0 saturated carbocycles. The minimum absolute atomic E-state index is 0.0619. The van der Waals surface area contributed by atoms with E-state index in [4.69, 9.17) is 20.4 Å². The predicted molar refractivity (Wildman–Crippen MR) is 176 cm³/mol. The zero-order chi connectivity index (χ0) is 33.2. The van der Waals surface area contributed by atoms with Crippen LogP contribution in [0.25, 0.3) is 32.1 Å². The molecule has 4 unspecified atom stereocenters. The van der Waals surface area contributed by atoms with E-state index in [-0.39, 0.29) is 56.8 Å². The third-order valence-corrected chi connectivity index (χ3v) is 11.2. The van der Waals surface area contributed by atoms with Gasteiger partial charge in [-0.15, -0.1) is 11.3 Å². The molecule has 4 aromatic rings. The summed E-state index contributed by atoms with van der Waals surface area (Å²) in [6.07, 6.45) is 3.16. The van der Waals surface area contributed by atoms with Crippen LogP contribution < -0.4 is 15.4 Å². The summed E-state index contributed by atoms with van der Waals surface area (Å²) in [6, 6.07) is 7.33. The maximum atomic E-state index is 16.2. The van der Waals surface area contributed by atoms with Crippen molar-refractivity contribution in [3.63, 3.8) is 0 Å². The summed E-state index contributed by atoms with van der Waals surface area (Å²) < 4.78 is 52.0. The van der Waals surface area contributed by atoms with E-state index in [0.29, 0.717) is 48.2 Å². The van der Waals surface area contributed by atoms with Crippen molar-refractivity contribution < 1.29 is 22.7 Å². The topological polar surface area (TPSA) is 112 Å². The molecule has 0 radical (unpaired) electrons. The minimum Gasteiger partial charge on any atom is -0.461 e. The fourth-order valence-electron chi connectivity index (χ4n) is 7.85. The van der Waals surface area contributed by atoms with Crippen molar-refractivity contribution in [2.45, 2.75) is 56.4 Å². The van der Waals surface area contributed by atoms with Crippen molar-refractivity contribution >= 4 is 49.1 Å². The third kappa shape index (κ3) is 5.05. The Balaban J connectivity index is 1.35. The second-order valence-corrected chi connectivity index (χ2v) is 13.8. The van der Waals surface area contributed by atoms with Crippen molar-refractivity contribution in [1.82, 2.24) is 19.8 Å². The van der Waals surface area contributed by atoms with Crippen molar-refractivity contribution in [2.75, 3.05) is 43.9 Å². The number of aromatic nitrogens is 2. The molecule has 47 heavy (non-hydrogen) atoms. The average Bonchev–Trinajstić information content (AvgIpc) is 3.79. The van der Waals surface area contributed by atoms with Crippen molar-refractivity contribution in [3.8, 4) is 23.2 Å². The number of halogens is 3. The summed E-state index contributed by atoms with van der Waals surface area (Å²) >= 11 is 0.942. The van der Waals surface area contributed by atoms with Gasteiger partial charge >= 0.3 is 6.01 Å². The van der Waals surface area contributed by atoms with Crippen molar-refractivity contribution in [3.05, 3.63) is 54.1 Å². The van der Waals surface area contributed by atoms with Crippen LogP contribution in [0.4, 0.5) is 24.0 Å². The highest BCUT2D eigenvalue weighted by Crippen LogP contribution is 2.44. The Morgan fingerprint density at radius 2 is 2.09 bits per heavy atom. The molecular weight excluding hydrogens is 627 g/mol. The van der Waals surface area contributed by atoms with E-state index in [9.17, 15) is 18.8 Å². The highest BCUT2D eigenvalue weighted by atomic mass is 32.1. The lowest BCUT2D eigenvalue weighted by Crippen LogP contribution is -2.44. The monoisotopic (exact) mass is 661 g/mol. The number of anilines is 2. The summed E-state index contributed by atoms with van der Waals surface area (Å²) in [5, 5.41) is 10.6. The Hall–Kier alpha value is -4.41. The number of likely N-dealkylation sites (tertiary alicyclic amines) is 1. The molecule has 5 heterocycles. The molecule has 3 saturated heterocycles. The maximum absolute atomic E-state index is 16.2. The molecule has 0 spiro atoms. The van der Waals surface area contributed by atoms with Gasteiger partial charge in [-0.2, -0.15) is 15.2 Å². The number of nitrogen functional groups attached to an aromatic ring is 1. The van der Waals surface area contributed by atoms with Crippen LogP contribution in [0, 0.1) is 23.0 Å². The highest BCUT2D eigenvalue weighted by Gasteiger charge is 2.49. The normalized spacial score (nSPS) is 24.2. The number of fused-ring (bicyclic) bond motifs is 3. The fraction of sp³-hybridized carbons (Fsp3) is 0.412. The van der Waals surface area contributed by atoms with E-state index in [1.54, 1.807) is 11.0 Å². The summed E-state index contributed by atoms with van der Waals surface area (Å²) in [5.74, 6) is -0.922. The minimum atomic E-state index is -0.925. The number of carbonyl (C=O) groups is 1. The number of likely N-dealkylation sites (N-methyl/N-ethyl adjacent to an activating group) is 1. The number of alkyl halides is 1. The molecule has 13 heteroatoms. The molecule has 4 atom stereocenters. The van der Waals surface area contributed by atoms with Crippen LogP contribution in [0.1, 0.15) is 38.2 Å². The quantitative estimate of drug-likeness (QED) is 0.247. The first kappa shape index (κ1) is 31.2. The van der Waals surface area contributed by atoms with Gasteiger partial charge in [-0.3, -0.25) is 9.69 Å². The van der Waals surface area contributed by atoms with Crippen LogP contribution in [-0.2, 0) is 4.79 Å². The van der Waals surface area contributed by atoms with Crippen LogP contribution in [0.5, 0.6) is 6.01 Å². The van der Waals surface area contributed by atoms with E-state index in [2.05, 4.69) is 11.5 Å². The summed E-state index contributed by atoms with van der Waals surface area (Å²) in [4.78, 5) is 27.8. The Morgan fingerprint density at radius 3 is 2.85 bits per heavy atom. The van der Waals surface area contributed by atoms with Crippen LogP contribution in [0.15, 0.2) is 36.9 Å². The Labute approximate surface area is 274 Å². The number of rotatable bonds is 7. The van der Waals surface area contributed by atoms with Crippen molar-refractivity contribution in [1.29, 1.82) is 5.26 Å². The number of hydrogen-bond acceptors (Lipinski definition) is 9. The predicted octanol–water partition coefficient (Wildman–Crippen LogP) is 5.81. The van der Waals surface area contributed by atoms with Crippen LogP contribution in [0.2, 0.25) is 0 Å². The van der Waals surface area contributed by atoms with E-state index in [1.807, 2.05) is 24.9 Å². The van der Waals surface area contributed by atoms with Crippen LogP contribution >= 0.6 is 11.3 Å². The molecule has 7 rings (SSSR count). The molecule has 2 aromatic carbocycles. The molecule has 2 N–H and O–H groups in total. The SMILES string of the molecule is C=CC(=O)N1CCC(N(C)c2nc(OCC34CCCN3CC(F)C4)nc3cc(-c4ccc(F)c5sc(N)c(C#N)c45)c(F)cc23)C1C. The summed E-state index contributed by atoms with van der Waals surface area (Å²) in [7, 11) is 1.85. The standard InChI is InChI=1S/C34H34F3N7O2S/c1-4-28(45)44-11-8-27(18(44)2)42(3)32-22-12-25(37)21(20-6-7-24(36)30-29(20)23(15-38)31(39)47-30)13-26(22)40-33(41-32)46-17-34-9-5-10-43(34)16-19(35)14-34/h4,6-7,12-13,18-19,27H,1,5,8-11,14,16-17,39H2,2-3H3. The second kappa shape index (κ2) is 11.7. The van der Waals surface area contributed by atoms with Gasteiger partial charge in [0.15, 0.2) is 0 Å². The number of ether oxygens (including phenoxy) is 1. The van der Waals surface area contributed by atoms with Gasteiger partial charge in [0.1, 0.15) is 41.3 Å². The first-order valence-corrected chi connectivity index (χ1v) is 16.5. The van der Waals surface area contributed by atoms with Crippen molar-refractivity contribution in [2.24, 2.45) is 0 Å². The molecule has 9 nitrogen and oxygen atoms in total. The van der Waals surface area contributed by atoms with Gasteiger partial charge in [0.25, 0.3) is 0 Å². The third-order valence-electron chi connectivity index (χ3n) is 10.2. The molecule has 1 amide bonds. The lowest BCUT2D eigenvalue weighted by molar-refractivity contribution is -0.126. The maximum Gasteiger partial charge on any atom is 0.319 e. The Morgan fingerprint density at radius 1 is 1.28 bits per heavy atom. The molecule has 3 aliphatic heterocycles. The van der Waals surface area contributed by atoms with Gasteiger partial charge in [0.05, 0.1) is 27.4 Å². The van der Waals surface area contributed by atoms with Gasteiger partial charge < -0.3 is 20.3 Å². The number of benzene rings is 2. The van der Waals surface area contributed by atoms with E-state index in [0.717, 1.165) is 30.7 Å². The van der Waals surface area contributed by atoms with Gasteiger partial charge in [0, 0.05) is 48.9 Å². The number of nitrogens with two attached hydrogens (primary N) is 1. The molecule has 2 aromatic heterocycles. The van der Waals surface area contributed by atoms with Gasteiger partial charge in [0.2, 0.25) is 5.91 Å². The van der Waals surface area contributed by atoms with E-state index in [1.165, 1.54) is 24.3 Å². The Bertz CT molecular complexity index is 1980. The van der Waals surface area contributed by atoms with Gasteiger partial charge in [-0.05, 0) is 62.6 Å². The fourth-order valence-corrected chi connectivity index (χ4v) is 8.80. The van der Waals surface area contributed by atoms with Crippen LogP contribution in [0.3, 0.4) is 0 Å². The lowest BCUT2D eigenvalue weighted by atomic mass is 9.95. The first-order chi connectivity index (χ1) is 22.5. The number of nitriles is 1. The number of thiophene rings is 1. The number of hydrogen-bond donors (Lipinski definition) is 1. The molecule has 0 aliphatic carbocycles. The smallest absolute Gasteiger partial charge is 0.319 e. The van der Waals surface area contributed by atoms with Gasteiger partial charge in [-0.25, -0.2) is 13.2 Å². The Kier molecular flexibility index (Phi) is 7.75. The second-order valence-electron chi connectivity index (χ2n) is 12.7. The van der Waals surface area contributed by atoms with E-state index < -0.39 is 23.3 Å². The number of nitrogens with zero attached hydrogens (tertiary/aromatic N) is 6. The molecule has 0 bridgehead atoms. The van der Waals surface area contributed by atoms with Gasteiger partial charge in [-0.1, -0.05) is 12.6 Å². The molecular formula is C34H34F3N7O2S. The zero-order valence-corrected chi connectivity index (χ0v) is 26.9. The number of amides is 1. The molecule has 244 valence electrons. The first-order valence-electron chi connectivity index (χ1n) is 15.6. The molecule has 3 aliphatic rings. The number of carbonyl (C=O) groups excluding carboxylic acids is 1. The zero-order valence-electron chi connectivity index (χ0n) is 26.1. The summed E-state index contributed by atoms with van der Waals surface area (Å²) in [6.45, 7) is 7.49. The largest absolute Gasteiger partial charge is 0.461 e. The molecule has 3 fully saturated rings. The van der Waals surface area contributed by atoms with Crippen LogP contribution in [-0.4, -0.2) is 82.8 Å². The summed E-state index contributed by atoms with van der Waals surface area (Å²) in [5.41, 5.74) is 6.50.